The average molecular weight is 471 g/mol. The van der Waals surface area contributed by atoms with Crippen molar-refractivity contribution in [2.24, 2.45) is 5.16 Å². The smallest absolute Gasteiger partial charge is 0.222 e. The van der Waals surface area contributed by atoms with Gasteiger partial charge in [-0.1, -0.05) is 58.5 Å². The highest BCUT2D eigenvalue weighted by molar-refractivity contribution is 6.56. The first kappa shape index (κ1) is 24.8. The largest absolute Gasteiger partial charge is 0.489 e. The molecule has 0 saturated heterocycles. The van der Waals surface area contributed by atoms with Crippen LogP contribution in [-0.2, 0) is 16.0 Å². The lowest BCUT2D eigenvalue weighted by Gasteiger charge is -2.16. The summed E-state index contributed by atoms with van der Waals surface area (Å²) in [5, 5.41) is 3.78. The standard InChI is InChI=1S/C19H23Cl4NO4/c1-4-15-12-16(26-7-5-17(20)21)11-13(2)19(15)27-10-9-25-14(3)24-28-8-6-18(22)23/h5-6,11-12H,4,7-10H2,1-3H3. The van der Waals surface area contributed by atoms with E-state index in [0.29, 0.717) is 25.7 Å². The Balaban J connectivity index is 2.54. The van der Waals surface area contributed by atoms with Crippen LogP contribution < -0.4 is 9.47 Å². The van der Waals surface area contributed by atoms with E-state index in [1.807, 2.05) is 26.0 Å². The van der Waals surface area contributed by atoms with Crippen LogP contribution in [0.3, 0.4) is 0 Å². The van der Waals surface area contributed by atoms with Crippen LogP contribution in [0.15, 0.2) is 38.4 Å². The van der Waals surface area contributed by atoms with Gasteiger partial charge in [0.15, 0.2) is 0 Å². The molecule has 5 nitrogen and oxygen atoms in total. The summed E-state index contributed by atoms with van der Waals surface area (Å²) in [5.41, 5.74) is 2.00. The number of hydrogen-bond donors (Lipinski definition) is 0. The molecule has 28 heavy (non-hydrogen) atoms. The molecule has 0 aromatic heterocycles. The maximum atomic E-state index is 5.89. The van der Waals surface area contributed by atoms with E-state index in [1.54, 1.807) is 13.0 Å². The van der Waals surface area contributed by atoms with Crippen LogP contribution in [0.5, 0.6) is 11.5 Å². The number of hydrogen-bond acceptors (Lipinski definition) is 5. The summed E-state index contributed by atoms with van der Waals surface area (Å²) in [4.78, 5) is 4.98. The maximum Gasteiger partial charge on any atom is 0.222 e. The summed E-state index contributed by atoms with van der Waals surface area (Å²) in [5.74, 6) is 1.93. The van der Waals surface area contributed by atoms with Gasteiger partial charge < -0.3 is 19.0 Å². The Bertz CT molecular complexity index is 712. The van der Waals surface area contributed by atoms with E-state index in [-0.39, 0.29) is 15.6 Å². The first-order chi connectivity index (χ1) is 13.3. The first-order valence-electron chi connectivity index (χ1n) is 8.54. The number of oxime groups is 1. The van der Waals surface area contributed by atoms with Gasteiger partial charge in [-0.25, -0.2) is 0 Å². The Morgan fingerprint density at radius 3 is 2.32 bits per heavy atom. The van der Waals surface area contributed by atoms with Gasteiger partial charge in [-0.15, -0.1) is 0 Å². The average Bonchev–Trinajstić information content (AvgIpc) is 2.62. The molecule has 1 aromatic carbocycles. The summed E-state index contributed by atoms with van der Waals surface area (Å²) >= 11 is 22.1. The second-order valence-corrected chi connectivity index (χ2v) is 7.50. The molecule has 156 valence electrons. The van der Waals surface area contributed by atoms with Gasteiger partial charge in [-0.2, -0.15) is 0 Å². The van der Waals surface area contributed by atoms with Gasteiger partial charge in [0.05, 0.1) is 0 Å². The number of ether oxygens (including phenoxy) is 3. The third-order valence-corrected chi connectivity index (χ3v) is 3.96. The molecule has 0 N–H and O–H groups in total. The van der Waals surface area contributed by atoms with Gasteiger partial charge in [0.1, 0.15) is 46.9 Å². The van der Waals surface area contributed by atoms with E-state index in [0.717, 1.165) is 29.0 Å². The predicted molar refractivity (Wildman–Crippen MR) is 116 cm³/mol. The summed E-state index contributed by atoms with van der Waals surface area (Å²) in [6.07, 6.45) is 3.86. The van der Waals surface area contributed by atoms with Gasteiger partial charge in [0, 0.05) is 6.92 Å². The fourth-order valence-corrected chi connectivity index (χ4v) is 2.40. The minimum absolute atomic E-state index is 0.125. The lowest BCUT2D eigenvalue weighted by Crippen LogP contribution is -2.12. The molecule has 0 radical (unpaired) electrons. The molecule has 9 heteroatoms. The highest BCUT2D eigenvalue weighted by atomic mass is 35.5. The van der Waals surface area contributed by atoms with Crippen LogP contribution in [0.2, 0.25) is 0 Å². The van der Waals surface area contributed by atoms with Gasteiger partial charge in [0.2, 0.25) is 5.90 Å². The lowest BCUT2D eigenvalue weighted by atomic mass is 10.1. The zero-order valence-corrected chi connectivity index (χ0v) is 19.0. The summed E-state index contributed by atoms with van der Waals surface area (Å²) in [7, 11) is 0. The minimum Gasteiger partial charge on any atom is -0.489 e. The second kappa shape index (κ2) is 13.8. The molecule has 1 rings (SSSR count). The van der Waals surface area contributed by atoms with E-state index in [9.17, 15) is 0 Å². The van der Waals surface area contributed by atoms with Crippen molar-refractivity contribution in [2.45, 2.75) is 27.2 Å². The maximum absolute atomic E-state index is 5.89. The lowest BCUT2D eigenvalue weighted by molar-refractivity contribution is 0.149. The van der Waals surface area contributed by atoms with E-state index >= 15 is 0 Å². The molecule has 0 aliphatic rings. The SMILES string of the molecule is CCc1cc(OCC=C(Cl)Cl)cc(C)c1OCCOC(C)=NOCC=C(Cl)Cl. The molecule has 0 aliphatic carbocycles. The van der Waals surface area contributed by atoms with Crippen LogP contribution in [0, 0.1) is 6.92 Å². The van der Waals surface area contributed by atoms with Crippen molar-refractivity contribution < 1.29 is 19.0 Å². The molecule has 0 atom stereocenters. The highest BCUT2D eigenvalue weighted by Gasteiger charge is 2.09. The zero-order valence-electron chi connectivity index (χ0n) is 15.9. The summed E-state index contributed by atoms with van der Waals surface area (Å²) < 4.78 is 17.3. The van der Waals surface area contributed by atoms with Crippen LogP contribution >= 0.6 is 46.4 Å². The fraction of sp³-hybridized carbons (Fsp3) is 0.421. The molecule has 0 bridgehead atoms. The van der Waals surface area contributed by atoms with Gasteiger partial charge >= 0.3 is 0 Å². The van der Waals surface area contributed by atoms with Crippen molar-refractivity contribution >= 4 is 52.3 Å². The highest BCUT2D eigenvalue weighted by Crippen LogP contribution is 2.29. The second-order valence-electron chi connectivity index (χ2n) is 5.48. The molecule has 0 fully saturated rings. The van der Waals surface area contributed by atoms with Crippen molar-refractivity contribution in [1.29, 1.82) is 0 Å². The molecular weight excluding hydrogens is 448 g/mol. The molecule has 0 saturated carbocycles. The number of halogens is 4. The zero-order chi connectivity index (χ0) is 20.9. The minimum atomic E-state index is 0.125. The number of benzene rings is 1. The van der Waals surface area contributed by atoms with E-state index < -0.39 is 0 Å². The van der Waals surface area contributed by atoms with Crippen LogP contribution in [0.4, 0.5) is 0 Å². The van der Waals surface area contributed by atoms with Crippen molar-refractivity contribution in [3.63, 3.8) is 0 Å². The summed E-state index contributed by atoms with van der Waals surface area (Å²) in [6.45, 7) is 6.84. The predicted octanol–water partition coefficient (Wildman–Crippen LogP) is 6.32. The fourth-order valence-electron chi connectivity index (χ4n) is 2.15. The molecule has 1 aromatic rings. The van der Waals surface area contributed by atoms with E-state index in [4.69, 9.17) is 65.5 Å². The topological polar surface area (TPSA) is 49.3 Å². The Morgan fingerprint density at radius 1 is 1.00 bits per heavy atom. The molecular formula is C19H23Cl4NO4. The van der Waals surface area contributed by atoms with Gasteiger partial charge in [-0.3, -0.25) is 0 Å². The Morgan fingerprint density at radius 2 is 1.68 bits per heavy atom. The Kier molecular flexibility index (Phi) is 12.2. The third-order valence-electron chi connectivity index (χ3n) is 3.34. The number of rotatable bonds is 11. The van der Waals surface area contributed by atoms with Crippen LogP contribution in [-0.4, -0.2) is 32.3 Å². The van der Waals surface area contributed by atoms with E-state index in [2.05, 4.69) is 5.16 Å². The van der Waals surface area contributed by atoms with Crippen molar-refractivity contribution in [3.8, 4) is 11.5 Å². The normalized spacial score (nSPS) is 10.9. The number of aryl methyl sites for hydroxylation is 2. The monoisotopic (exact) mass is 469 g/mol. The van der Waals surface area contributed by atoms with Crippen molar-refractivity contribution in [3.05, 3.63) is 44.4 Å². The van der Waals surface area contributed by atoms with Crippen molar-refractivity contribution in [1.82, 2.24) is 0 Å². The Hall–Kier alpha value is -1.27. The Labute approximate surface area is 185 Å². The molecule has 0 unspecified atom stereocenters. The van der Waals surface area contributed by atoms with Crippen LogP contribution in [0.25, 0.3) is 0 Å². The van der Waals surface area contributed by atoms with Gasteiger partial charge in [0.25, 0.3) is 0 Å². The number of nitrogens with zero attached hydrogens (tertiary/aromatic N) is 1. The first-order valence-corrected chi connectivity index (χ1v) is 10.1. The van der Waals surface area contributed by atoms with Gasteiger partial charge in [-0.05, 0) is 48.8 Å². The summed E-state index contributed by atoms with van der Waals surface area (Å²) in [6, 6.07) is 3.84. The third kappa shape index (κ3) is 10.3. The molecule has 0 amide bonds. The molecule has 0 spiro atoms. The van der Waals surface area contributed by atoms with Crippen molar-refractivity contribution in [2.75, 3.05) is 26.4 Å². The van der Waals surface area contributed by atoms with Crippen LogP contribution in [0.1, 0.15) is 25.0 Å². The molecule has 0 heterocycles. The molecule has 0 aliphatic heterocycles. The van der Waals surface area contributed by atoms with E-state index in [1.165, 1.54) is 6.08 Å². The quantitative estimate of drug-likeness (QED) is 0.164.